The average molecular weight is 162 g/mol. The predicted octanol–water partition coefficient (Wildman–Crippen LogP) is 0.896. The minimum absolute atomic E-state index is 0.500. The van der Waals surface area contributed by atoms with Gasteiger partial charge in [-0.2, -0.15) is 5.26 Å². The zero-order chi connectivity index (χ0) is 8.81. The standard InChI is InChI=1S/C9H10N2O/c10-5-6-12-9-3-1-8(7-11)2-4-9/h1-4H,5-6,10H2. The van der Waals surface area contributed by atoms with Crippen molar-refractivity contribution >= 4 is 0 Å². The molecule has 0 spiro atoms. The molecule has 2 N–H and O–H groups in total. The highest BCUT2D eigenvalue weighted by Crippen LogP contribution is 2.10. The van der Waals surface area contributed by atoms with E-state index in [0.29, 0.717) is 18.7 Å². The first-order valence-corrected chi connectivity index (χ1v) is 3.70. The van der Waals surface area contributed by atoms with Crippen LogP contribution in [0.5, 0.6) is 5.75 Å². The molecular formula is C9H10N2O. The second-order valence-electron chi connectivity index (χ2n) is 2.27. The summed E-state index contributed by atoms with van der Waals surface area (Å²) < 4.78 is 5.22. The van der Waals surface area contributed by atoms with Crippen LogP contribution in [0, 0.1) is 11.3 Å². The third-order valence-corrected chi connectivity index (χ3v) is 1.37. The van der Waals surface area contributed by atoms with E-state index in [2.05, 4.69) is 0 Å². The van der Waals surface area contributed by atoms with Crippen molar-refractivity contribution in [2.24, 2.45) is 5.73 Å². The first-order valence-electron chi connectivity index (χ1n) is 3.70. The quantitative estimate of drug-likeness (QED) is 0.718. The van der Waals surface area contributed by atoms with Gasteiger partial charge in [-0.05, 0) is 24.3 Å². The highest BCUT2D eigenvalue weighted by atomic mass is 16.5. The van der Waals surface area contributed by atoms with Crippen molar-refractivity contribution in [3.63, 3.8) is 0 Å². The smallest absolute Gasteiger partial charge is 0.119 e. The molecule has 0 bridgehead atoms. The van der Waals surface area contributed by atoms with Crippen LogP contribution < -0.4 is 10.5 Å². The number of ether oxygens (including phenoxy) is 1. The van der Waals surface area contributed by atoms with Crippen molar-refractivity contribution in [3.05, 3.63) is 29.8 Å². The van der Waals surface area contributed by atoms with Gasteiger partial charge in [0.05, 0.1) is 11.6 Å². The molecule has 0 fully saturated rings. The molecule has 0 atom stereocenters. The minimum Gasteiger partial charge on any atom is -0.492 e. The fourth-order valence-corrected chi connectivity index (χ4v) is 0.802. The molecule has 1 aromatic carbocycles. The van der Waals surface area contributed by atoms with Crippen LogP contribution in [0.4, 0.5) is 0 Å². The van der Waals surface area contributed by atoms with Gasteiger partial charge in [-0.1, -0.05) is 0 Å². The van der Waals surface area contributed by atoms with Gasteiger partial charge in [0.1, 0.15) is 12.4 Å². The maximum atomic E-state index is 8.49. The Balaban J connectivity index is 2.60. The van der Waals surface area contributed by atoms with Gasteiger partial charge in [-0.15, -0.1) is 0 Å². The number of nitriles is 1. The first kappa shape index (κ1) is 8.57. The summed E-state index contributed by atoms with van der Waals surface area (Å²) in [4.78, 5) is 0. The van der Waals surface area contributed by atoms with Gasteiger partial charge in [0.25, 0.3) is 0 Å². The van der Waals surface area contributed by atoms with Gasteiger partial charge in [0, 0.05) is 6.54 Å². The van der Waals surface area contributed by atoms with Crippen LogP contribution in [0.1, 0.15) is 5.56 Å². The lowest BCUT2D eigenvalue weighted by Crippen LogP contribution is -2.10. The molecular weight excluding hydrogens is 152 g/mol. The summed E-state index contributed by atoms with van der Waals surface area (Å²) in [5.74, 6) is 0.749. The summed E-state index contributed by atoms with van der Waals surface area (Å²) >= 11 is 0. The van der Waals surface area contributed by atoms with E-state index >= 15 is 0 Å². The SMILES string of the molecule is N#Cc1ccc(OCCN)cc1. The number of nitrogens with two attached hydrogens (primary N) is 1. The number of hydrogen-bond donors (Lipinski definition) is 1. The fraction of sp³-hybridized carbons (Fsp3) is 0.222. The van der Waals surface area contributed by atoms with Gasteiger partial charge in [-0.25, -0.2) is 0 Å². The van der Waals surface area contributed by atoms with Crippen molar-refractivity contribution in [2.45, 2.75) is 0 Å². The maximum absolute atomic E-state index is 8.49. The van der Waals surface area contributed by atoms with E-state index in [0.717, 1.165) is 5.75 Å². The number of nitrogens with zero attached hydrogens (tertiary/aromatic N) is 1. The minimum atomic E-state index is 0.500. The molecule has 0 aliphatic rings. The van der Waals surface area contributed by atoms with Crippen LogP contribution in [-0.2, 0) is 0 Å². The first-order chi connectivity index (χ1) is 5.86. The molecule has 0 heterocycles. The largest absolute Gasteiger partial charge is 0.492 e. The third-order valence-electron chi connectivity index (χ3n) is 1.37. The molecule has 0 aliphatic carbocycles. The molecule has 0 radical (unpaired) electrons. The van der Waals surface area contributed by atoms with Crippen LogP contribution in [0.25, 0.3) is 0 Å². The van der Waals surface area contributed by atoms with Crippen molar-refractivity contribution < 1.29 is 4.74 Å². The Morgan fingerprint density at radius 3 is 2.50 bits per heavy atom. The van der Waals surface area contributed by atoms with E-state index in [-0.39, 0.29) is 0 Å². The summed E-state index contributed by atoms with van der Waals surface area (Å²) in [7, 11) is 0. The highest BCUT2D eigenvalue weighted by molar-refractivity contribution is 5.34. The van der Waals surface area contributed by atoms with Crippen molar-refractivity contribution in [1.29, 1.82) is 5.26 Å². The Labute approximate surface area is 71.4 Å². The van der Waals surface area contributed by atoms with Crippen molar-refractivity contribution in [2.75, 3.05) is 13.2 Å². The van der Waals surface area contributed by atoms with E-state index < -0.39 is 0 Å². The van der Waals surface area contributed by atoms with Gasteiger partial charge in [-0.3, -0.25) is 0 Å². The molecule has 0 unspecified atom stereocenters. The Kier molecular flexibility index (Phi) is 3.12. The predicted molar refractivity (Wildman–Crippen MR) is 45.7 cm³/mol. The molecule has 62 valence electrons. The molecule has 0 saturated carbocycles. The van der Waals surface area contributed by atoms with Crippen LogP contribution >= 0.6 is 0 Å². The number of hydrogen-bond acceptors (Lipinski definition) is 3. The molecule has 0 amide bonds. The summed E-state index contributed by atoms with van der Waals surface area (Å²) in [5.41, 5.74) is 5.89. The van der Waals surface area contributed by atoms with Gasteiger partial charge in [0.15, 0.2) is 0 Å². The van der Waals surface area contributed by atoms with E-state index in [1.807, 2.05) is 6.07 Å². The molecule has 0 saturated heterocycles. The van der Waals surface area contributed by atoms with Gasteiger partial charge < -0.3 is 10.5 Å². The zero-order valence-corrected chi connectivity index (χ0v) is 6.66. The maximum Gasteiger partial charge on any atom is 0.119 e. The van der Waals surface area contributed by atoms with E-state index in [4.69, 9.17) is 15.7 Å². The van der Waals surface area contributed by atoms with Crippen LogP contribution in [0.15, 0.2) is 24.3 Å². The fourth-order valence-electron chi connectivity index (χ4n) is 0.802. The summed E-state index contributed by atoms with van der Waals surface area (Å²) in [6.45, 7) is 1.01. The second kappa shape index (κ2) is 4.37. The molecule has 1 aromatic rings. The molecule has 3 heteroatoms. The Hall–Kier alpha value is -1.53. The molecule has 12 heavy (non-hydrogen) atoms. The summed E-state index contributed by atoms with van der Waals surface area (Å²) in [6.07, 6.45) is 0. The van der Waals surface area contributed by atoms with Crippen LogP contribution in [0.2, 0.25) is 0 Å². The normalized spacial score (nSPS) is 9.00. The van der Waals surface area contributed by atoms with Crippen LogP contribution in [-0.4, -0.2) is 13.2 Å². The van der Waals surface area contributed by atoms with Crippen molar-refractivity contribution in [3.8, 4) is 11.8 Å². The lowest BCUT2D eigenvalue weighted by Gasteiger charge is -2.02. The summed E-state index contributed by atoms with van der Waals surface area (Å²) in [6, 6.07) is 8.97. The van der Waals surface area contributed by atoms with Gasteiger partial charge in [0.2, 0.25) is 0 Å². The molecule has 0 aromatic heterocycles. The highest BCUT2D eigenvalue weighted by Gasteiger charge is 1.92. The van der Waals surface area contributed by atoms with E-state index in [1.165, 1.54) is 0 Å². The van der Waals surface area contributed by atoms with Gasteiger partial charge >= 0.3 is 0 Å². The average Bonchev–Trinajstić information content (AvgIpc) is 2.15. The number of rotatable bonds is 3. The lowest BCUT2D eigenvalue weighted by atomic mass is 10.2. The summed E-state index contributed by atoms with van der Waals surface area (Å²) in [5, 5.41) is 8.49. The molecule has 0 aliphatic heterocycles. The van der Waals surface area contributed by atoms with Crippen LogP contribution in [0.3, 0.4) is 0 Å². The Bertz CT molecular complexity index is 274. The monoisotopic (exact) mass is 162 g/mol. The molecule has 3 nitrogen and oxygen atoms in total. The topological polar surface area (TPSA) is 59.0 Å². The lowest BCUT2D eigenvalue weighted by molar-refractivity contribution is 0.328. The molecule has 1 rings (SSSR count). The number of benzene rings is 1. The van der Waals surface area contributed by atoms with Crippen molar-refractivity contribution in [1.82, 2.24) is 0 Å². The van der Waals surface area contributed by atoms with E-state index in [1.54, 1.807) is 24.3 Å². The van der Waals surface area contributed by atoms with E-state index in [9.17, 15) is 0 Å². The Morgan fingerprint density at radius 2 is 2.00 bits per heavy atom. The zero-order valence-electron chi connectivity index (χ0n) is 6.66. The Morgan fingerprint density at radius 1 is 1.33 bits per heavy atom. The third kappa shape index (κ3) is 2.26. The second-order valence-corrected chi connectivity index (χ2v) is 2.27.